The highest BCUT2D eigenvalue weighted by atomic mass is 28.4. The predicted octanol–water partition coefficient (Wildman–Crippen LogP) is 1.65. The first-order chi connectivity index (χ1) is 13.0. The molecule has 27 heavy (non-hydrogen) atoms. The lowest BCUT2D eigenvalue weighted by Gasteiger charge is -2.16. The predicted molar refractivity (Wildman–Crippen MR) is 105 cm³/mol. The van der Waals surface area contributed by atoms with Gasteiger partial charge in [0.2, 0.25) is 0 Å². The van der Waals surface area contributed by atoms with E-state index in [9.17, 15) is 4.79 Å². The molecule has 0 saturated carbocycles. The molecule has 8 nitrogen and oxygen atoms in total. The molecule has 0 aromatic carbocycles. The van der Waals surface area contributed by atoms with Crippen LogP contribution < -0.4 is 0 Å². The van der Waals surface area contributed by atoms with Gasteiger partial charge in [0.25, 0.3) is 0 Å². The van der Waals surface area contributed by atoms with E-state index in [1.165, 1.54) is 0 Å². The van der Waals surface area contributed by atoms with E-state index in [0.29, 0.717) is 72.7 Å². The lowest BCUT2D eigenvalue weighted by Crippen LogP contribution is -2.27. The van der Waals surface area contributed by atoms with E-state index in [-0.39, 0.29) is 6.61 Å². The van der Waals surface area contributed by atoms with Crippen molar-refractivity contribution in [3.8, 4) is 0 Å². The summed E-state index contributed by atoms with van der Waals surface area (Å²) in [5, 5.41) is 0. The highest BCUT2D eigenvalue weighted by Gasteiger charge is 2.12. The van der Waals surface area contributed by atoms with Crippen LogP contribution in [0.2, 0.25) is 19.6 Å². The van der Waals surface area contributed by atoms with E-state index in [0.717, 1.165) is 6.08 Å². The summed E-state index contributed by atoms with van der Waals surface area (Å²) in [6.07, 6.45) is 1.12. The number of rotatable bonds is 20. The van der Waals surface area contributed by atoms with Crippen molar-refractivity contribution >= 4 is 14.3 Å². The number of hydrogen-bond donors (Lipinski definition) is 0. The maximum atomic E-state index is 10.8. The largest absolute Gasteiger partial charge is 0.460 e. The molecule has 0 aromatic rings. The lowest BCUT2D eigenvalue weighted by molar-refractivity contribution is -0.139. The summed E-state index contributed by atoms with van der Waals surface area (Å²) in [6, 6.07) is 0. The van der Waals surface area contributed by atoms with Crippen LogP contribution in [0.25, 0.3) is 0 Å². The fourth-order valence-corrected chi connectivity index (χ4v) is 2.34. The van der Waals surface area contributed by atoms with Gasteiger partial charge in [-0.2, -0.15) is 0 Å². The van der Waals surface area contributed by atoms with Gasteiger partial charge in [0, 0.05) is 6.08 Å². The summed E-state index contributed by atoms with van der Waals surface area (Å²) in [7, 11) is -1.44. The summed E-state index contributed by atoms with van der Waals surface area (Å²) >= 11 is 0. The zero-order chi connectivity index (χ0) is 20.2. The average Bonchev–Trinajstić information content (AvgIpc) is 2.62. The minimum atomic E-state index is -1.44. The molecule has 0 aliphatic heterocycles. The molecule has 0 bridgehead atoms. The van der Waals surface area contributed by atoms with Crippen molar-refractivity contribution in [2.75, 3.05) is 79.3 Å². The van der Waals surface area contributed by atoms with E-state index in [4.69, 9.17) is 32.8 Å². The smallest absolute Gasteiger partial charge is 0.330 e. The zero-order valence-corrected chi connectivity index (χ0v) is 18.0. The minimum absolute atomic E-state index is 0.214. The van der Waals surface area contributed by atoms with E-state index in [2.05, 4.69) is 26.2 Å². The van der Waals surface area contributed by atoms with Crippen molar-refractivity contribution < 1.29 is 37.6 Å². The average molecular weight is 409 g/mol. The normalized spacial score (nSPS) is 11.5. The maximum absolute atomic E-state index is 10.8. The van der Waals surface area contributed by atoms with E-state index in [1.54, 1.807) is 0 Å². The Morgan fingerprint density at radius 1 is 0.667 bits per heavy atom. The van der Waals surface area contributed by atoms with Gasteiger partial charge in [-0.3, -0.25) is 0 Å². The molecule has 0 aromatic heterocycles. The summed E-state index contributed by atoms with van der Waals surface area (Å²) in [4.78, 5) is 10.8. The Balaban J connectivity index is 3.07. The van der Waals surface area contributed by atoms with Crippen LogP contribution in [-0.4, -0.2) is 93.6 Å². The van der Waals surface area contributed by atoms with Crippen LogP contribution >= 0.6 is 0 Å². The summed E-state index contributed by atoms with van der Waals surface area (Å²) in [5.74, 6) is -0.449. The Morgan fingerprint density at radius 3 is 1.33 bits per heavy atom. The van der Waals surface area contributed by atoms with Gasteiger partial charge in [0.15, 0.2) is 8.32 Å². The molecule has 0 aliphatic carbocycles. The first-order valence-electron chi connectivity index (χ1n) is 9.27. The number of carbonyl (C=O) groups excluding carboxylic acids is 1. The van der Waals surface area contributed by atoms with Gasteiger partial charge in [0.1, 0.15) is 6.61 Å². The molecular formula is C18H36O8Si. The highest BCUT2D eigenvalue weighted by molar-refractivity contribution is 6.69. The monoisotopic (exact) mass is 408 g/mol. The fourth-order valence-electron chi connectivity index (χ4n) is 1.65. The van der Waals surface area contributed by atoms with Crippen LogP contribution in [-0.2, 0) is 37.6 Å². The van der Waals surface area contributed by atoms with Crippen molar-refractivity contribution in [1.82, 2.24) is 0 Å². The third-order valence-electron chi connectivity index (χ3n) is 2.89. The Hall–Kier alpha value is -0.813. The molecular weight excluding hydrogens is 372 g/mol. The Morgan fingerprint density at radius 2 is 1.00 bits per heavy atom. The summed E-state index contributed by atoms with van der Waals surface area (Å²) in [6.45, 7) is 15.6. The lowest BCUT2D eigenvalue weighted by atomic mass is 10.6. The van der Waals surface area contributed by atoms with Crippen molar-refractivity contribution in [1.29, 1.82) is 0 Å². The highest BCUT2D eigenvalue weighted by Crippen LogP contribution is 2.01. The molecule has 0 N–H and O–H groups in total. The molecule has 9 heteroatoms. The first kappa shape index (κ1) is 26.2. The second-order valence-corrected chi connectivity index (χ2v) is 10.9. The maximum Gasteiger partial charge on any atom is 0.330 e. The molecule has 0 unspecified atom stereocenters. The molecule has 0 spiro atoms. The van der Waals surface area contributed by atoms with Gasteiger partial charge in [-0.15, -0.1) is 0 Å². The number of hydrogen-bond acceptors (Lipinski definition) is 8. The van der Waals surface area contributed by atoms with Crippen molar-refractivity contribution in [3.05, 3.63) is 12.7 Å². The van der Waals surface area contributed by atoms with Gasteiger partial charge >= 0.3 is 5.97 Å². The third-order valence-corrected chi connectivity index (χ3v) is 3.96. The molecule has 160 valence electrons. The topological polar surface area (TPSA) is 81.7 Å². The van der Waals surface area contributed by atoms with Gasteiger partial charge < -0.3 is 32.8 Å². The van der Waals surface area contributed by atoms with E-state index in [1.807, 2.05) is 0 Å². The number of esters is 1. The van der Waals surface area contributed by atoms with Crippen molar-refractivity contribution in [2.24, 2.45) is 0 Å². The van der Waals surface area contributed by atoms with Crippen molar-refractivity contribution in [3.63, 3.8) is 0 Å². The number of ether oxygens (including phenoxy) is 6. The molecule has 0 atom stereocenters. The van der Waals surface area contributed by atoms with E-state index < -0.39 is 14.3 Å². The molecule has 0 radical (unpaired) electrons. The van der Waals surface area contributed by atoms with Gasteiger partial charge in [-0.25, -0.2) is 4.79 Å². The Labute approximate surface area is 164 Å². The zero-order valence-electron chi connectivity index (χ0n) is 17.0. The third kappa shape index (κ3) is 23.1. The molecule has 0 saturated heterocycles. The van der Waals surface area contributed by atoms with Gasteiger partial charge in [-0.1, -0.05) is 6.58 Å². The van der Waals surface area contributed by atoms with Crippen LogP contribution in [0.5, 0.6) is 0 Å². The van der Waals surface area contributed by atoms with Crippen LogP contribution in [0.1, 0.15) is 0 Å². The standard InChI is InChI=1S/C18H36O8Si/c1-5-18(19)25-16-14-23-12-10-21-8-6-20-7-9-22-11-13-24-15-17-26-27(2,3)4/h5H,1,6-17H2,2-4H3. The fraction of sp³-hybridized carbons (Fsp3) is 0.833. The molecule has 0 rings (SSSR count). The second-order valence-electron chi connectivity index (χ2n) is 6.39. The molecule has 0 aliphatic rings. The SMILES string of the molecule is C=CC(=O)OCCOCCOCCOCCOCCOCCO[Si](C)(C)C. The first-order valence-corrected chi connectivity index (χ1v) is 12.7. The summed E-state index contributed by atoms with van der Waals surface area (Å²) in [5.41, 5.74) is 0. The van der Waals surface area contributed by atoms with E-state index >= 15 is 0 Å². The second kappa shape index (κ2) is 18.5. The number of carbonyl (C=O) groups is 1. The van der Waals surface area contributed by atoms with Crippen LogP contribution in [0.4, 0.5) is 0 Å². The molecule has 0 amide bonds. The molecule has 0 fully saturated rings. The van der Waals surface area contributed by atoms with Gasteiger partial charge in [0.05, 0.1) is 72.7 Å². The van der Waals surface area contributed by atoms with Crippen LogP contribution in [0, 0.1) is 0 Å². The summed E-state index contributed by atoms with van der Waals surface area (Å²) < 4.78 is 37.2. The van der Waals surface area contributed by atoms with Crippen LogP contribution in [0.3, 0.4) is 0 Å². The van der Waals surface area contributed by atoms with Crippen molar-refractivity contribution in [2.45, 2.75) is 19.6 Å². The van der Waals surface area contributed by atoms with Gasteiger partial charge in [-0.05, 0) is 19.6 Å². The Kier molecular flexibility index (Phi) is 18.0. The Bertz CT molecular complexity index is 360. The quantitative estimate of drug-likeness (QED) is 0.130. The molecule has 0 heterocycles. The van der Waals surface area contributed by atoms with Crippen LogP contribution in [0.15, 0.2) is 12.7 Å². The minimum Gasteiger partial charge on any atom is -0.460 e.